The molecule has 0 aromatic carbocycles. The lowest BCUT2D eigenvalue weighted by atomic mass is 10.4. The van der Waals surface area contributed by atoms with E-state index in [0.717, 1.165) is 0 Å². The van der Waals surface area contributed by atoms with Crippen molar-refractivity contribution in [2.24, 2.45) is 0 Å². The van der Waals surface area contributed by atoms with Gasteiger partial charge in [-0.2, -0.15) is 0 Å². The zero-order valence-corrected chi connectivity index (χ0v) is 5.15. The zero-order chi connectivity index (χ0) is 6.08. The zero-order valence-electron chi connectivity index (χ0n) is 4.00. The summed E-state index contributed by atoms with van der Waals surface area (Å²) in [6.45, 7) is 1.46. The van der Waals surface area contributed by atoms with E-state index >= 15 is 0 Å². The fraction of sp³-hybridized carbons (Fsp3) is 1.00. The average Bonchev–Trinajstić information content (AvgIpc) is 1.31. The van der Waals surface area contributed by atoms with Crippen molar-refractivity contribution in [1.82, 2.24) is 0 Å². The highest BCUT2D eigenvalue weighted by atomic mass is 31.0. The van der Waals surface area contributed by atoms with Crippen molar-refractivity contribution < 1.29 is 15.3 Å². The van der Waals surface area contributed by atoms with Gasteiger partial charge in [-0.05, 0) is 0 Å². The monoisotopic (exact) mass is 124 g/mol. The summed E-state index contributed by atoms with van der Waals surface area (Å²) in [4.78, 5) is 0. The fourth-order valence-corrected chi connectivity index (χ4v) is 0. The lowest BCUT2D eigenvalue weighted by Crippen LogP contribution is -2.35. The van der Waals surface area contributed by atoms with E-state index < -0.39 is 11.6 Å². The maximum Gasteiger partial charge on any atom is 0.281 e. The van der Waals surface area contributed by atoms with Crippen molar-refractivity contribution in [2.75, 3.05) is 0 Å². The van der Waals surface area contributed by atoms with Crippen molar-refractivity contribution >= 4 is 9.24 Å². The first-order chi connectivity index (χ1) is 2.94. The standard InChI is InChI=1S/C3H9O3P/c1-2(7)3(4,5)6/h2,4-6H,7H2,1H3. The second-order valence-corrected chi connectivity index (χ2v) is 2.48. The molecule has 2 atom stereocenters. The Morgan fingerprint density at radius 2 is 1.57 bits per heavy atom. The maximum absolute atomic E-state index is 8.19. The summed E-state index contributed by atoms with van der Waals surface area (Å²) < 4.78 is 0. The Kier molecular flexibility index (Phi) is 2.14. The van der Waals surface area contributed by atoms with Crippen molar-refractivity contribution in [1.29, 1.82) is 0 Å². The number of aliphatic hydroxyl groups is 3. The summed E-state index contributed by atoms with van der Waals surface area (Å²) in [5.41, 5.74) is -0.618. The molecule has 0 aliphatic rings. The van der Waals surface area contributed by atoms with Crippen LogP contribution in [-0.4, -0.2) is 27.0 Å². The predicted molar refractivity (Wildman–Crippen MR) is 28.6 cm³/mol. The summed E-state index contributed by atoms with van der Waals surface area (Å²) in [5.74, 6) is -2.54. The first kappa shape index (κ1) is 7.31. The van der Waals surface area contributed by atoms with E-state index in [1.807, 2.05) is 0 Å². The molecular formula is C3H9O3P. The van der Waals surface area contributed by atoms with Gasteiger partial charge in [0.1, 0.15) is 0 Å². The number of hydrogen-bond acceptors (Lipinski definition) is 3. The number of rotatable bonds is 1. The van der Waals surface area contributed by atoms with E-state index in [0.29, 0.717) is 0 Å². The molecule has 0 spiro atoms. The van der Waals surface area contributed by atoms with Gasteiger partial charge in [-0.3, -0.25) is 0 Å². The Hall–Kier alpha value is 0.310. The molecule has 0 rings (SSSR count). The molecule has 7 heavy (non-hydrogen) atoms. The minimum Gasteiger partial charge on any atom is -0.343 e. The van der Waals surface area contributed by atoms with Gasteiger partial charge in [0.05, 0.1) is 5.66 Å². The van der Waals surface area contributed by atoms with Crippen LogP contribution in [0.15, 0.2) is 0 Å². The normalized spacial score (nSPS) is 16.7. The topological polar surface area (TPSA) is 60.7 Å². The van der Waals surface area contributed by atoms with Crippen LogP contribution in [0.5, 0.6) is 0 Å². The molecule has 0 fully saturated rings. The van der Waals surface area contributed by atoms with E-state index in [1.165, 1.54) is 6.92 Å². The molecule has 2 unspecified atom stereocenters. The Balaban J connectivity index is 3.54. The predicted octanol–water partition coefficient (Wildman–Crippen LogP) is -1.12. The maximum atomic E-state index is 8.19. The van der Waals surface area contributed by atoms with Gasteiger partial charge in [-0.1, -0.05) is 6.92 Å². The highest BCUT2D eigenvalue weighted by molar-refractivity contribution is 7.17. The molecule has 44 valence electrons. The third kappa shape index (κ3) is 2.94. The third-order valence-electron chi connectivity index (χ3n) is 0.611. The molecule has 3 N–H and O–H groups in total. The van der Waals surface area contributed by atoms with Crippen LogP contribution in [0.2, 0.25) is 0 Å². The summed E-state index contributed by atoms with van der Waals surface area (Å²) in [6.07, 6.45) is 0. The van der Waals surface area contributed by atoms with E-state index in [-0.39, 0.29) is 0 Å². The Bertz CT molecular complexity index is 55.7. The molecule has 3 nitrogen and oxygen atoms in total. The molecular weight excluding hydrogens is 115 g/mol. The lowest BCUT2D eigenvalue weighted by molar-refractivity contribution is -0.308. The molecule has 0 aromatic rings. The highest BCUT2D eigenvalue weighted by Gasteiger charge is 2.22. The summed E-state index contributed by atoms with van der Waals surface area (Å²) in [6, 6.07) is 0. The van der Waals surface area contributed by atoms with Gasteiger partial charge < -0.3 is 15.3 Å². The van der Waals surface area contributed by atoms with Crippen LogP contribution >= 0.6 is 9.24 Å². The number of hydrogen-bond donors (Lipinski definition) is 3. The van der Waals surface area contributed by atoms with Gasteiger partial charge in [0.2, 0.25) is 0 Å². The molecule has 0 saturated carbocycles. The second-order valence-electron chi connectivity index (χ2n) is 1.48. The van der Waals surface area contributed by atoms with Crippen LogP contribution in [0.4, 0.5) is 0 Å². The summed E-state index contributed by atoms with van der Waals surface area (Å²) in [5, 5.41) is 24.6. The van der Waals surface area contributed by atoms with Gasteiger partial charge in [-0.25, -0.2) is 0 Å². The first-order valence-corrected chi connectivity index (χ1v) is 2.54. The molecule has 0 aliphatic heterocycles. The van der Waals surface area contributed by atoms with E-state index in [1.54, 1.807) is 0 Å². The quantitative estimate of drug-likeness (QED) is 0.306. The van der Waals surface area contributed by atoms with Crippen molar-refractivity contribution in [3.63, 3.8) is 0 Å². The Morgan fingerprint density at radius 3 is 1.57 bits per heavy atom. The molecule has 0 saturated heterocycles. The van der Waals surface area contributed by atoms with Gasteiger partial charge in [0, 0.05) is 0 Å². The third-order valence-corrected chi connectivity index (χ3v) is 1.06. The van der Waals surface area contributed by atoms with E-state index in [2.05, 4.69) is 9.24 Å². The largest absolute Gasteiger partial charge is 0.343 e. The van der Waals surface area contributed by atoms with Crippen molar-refractivity contribution in [3.8, 4) is 0 Å². The van der Waals surface area contributed by atoms with Crippen LogP contribution in [0.1, 0.15) is 6.92 Å². The minimum atomic E-state index is -2.54. The molecule has 0 heterocycles. The van der Waals surface area contributed by atoms with Gasteiger partial charge >= 0.3 is 0 Å². The van der Waals surface area contributed by atoms with Crippen molar-refractivity contribution in [3.05, 3.63) is 0 Å². The minimum absolute atomic E-state index is 0.618. The van der Waals surface area contributed by atoms with Crippen molar-refractivity contribution in [2.45, 2.75) is 18.6 Å². The Labute approximate surface area is 44.2 Å². The molecule has 0 bridgehead atoms. The molecule has 0 amide bonds. The Morgan fingerprint density at radius 1 is 1.43 bits per heavy atom. The van der Waals surface area contributed by atoms with Crippen LogP contribution < -0.4 is 0 Å². The average molecular weight is 124 g/mol. The van der Waals surface area contributed by atoms with Crippen LogP contribution in [-0.2, 0) is 0 Å². The van der Waals surface area contributed by atoms with Crippen LogP contribution in [0.25, 0.3) is 0 Å². The lowest BCUT2D eigenvalue weighted by Gasteiger charge is -2.16. The molecule has 0 radical (unpaired) electrons. The first-order valence-electron chi connectivity index (χ1n) is 1.87. The van der Waals surface area contributed by atoms with Crippen LogP contribution in [0, 0.1) is 0 Å². The molecule has 0 aliphatic carbocycles. The van der Waals surface area contributed by atoms with Gasteiger partial charge in [-0.15, -0.1) is 9.24 Å². The SMILES string of the molecule is CC(P)C(O)(O)O. The van der Waals surface area contributed by atoms with Crippen LogP contribution in [0.3, 0.4) is 0 Å². The highest BCUT2D eigenvalue weighted by Crippen LogP contribution is 2.09. The second kappa shape index (κ2) is 2.05. The molecule has 4 heteroatoms. The summed E-state index contributed by atoms with van der Waals surface area (Å²) >= 11 is 0. The summed E-state index contributed by atoms with van der Waals surface area (Å²) in [7, 11) is 2.05. The van der Waals surface area contributed by atoms with E-state index in [4.69, 9.17) is 15.3 Å². The van der Waals surface area contributed by atoms with E-state index in [9.17, 15) is 0 Å². The van der Waals surface area contributed by atoms with Gasteiger partial charge in [0.25, 0.3) is 5.97 Å². The fourth-order valence-electron chi connectivity index (χ4n) is 0. The van der Waals surface area contributed by atoms with Gasteiger partial charge in [0.15, 0.2) is 0 Å². The smallest absolute Gasteiger partial charge is 0.281 e. The molecule has 0 aromatic heterocycles.